The highest BCUT2D eigenvalue weighted by Gasteiger charge is 2.43. The van der Waals surface area contributed by atoms with Gasteiger partial charge in [-0.15, -0.1) is 0 Å². The van der Waals surface area contributed by atoms with Gasteiger partial charge in [-0.05, 0) is 36.8 Å². The molecule has 3 amide bonds. The largest absolute Gasteiger partial charge is 0.497 e. The molecule has 1 aliphatic heterocycles. The van der Waals surface area contributed by atoms with Gasteiger partial charge >= 0.3 is 6.03 Å². The number of aliphatic hydroxyl groups is 2. The summed E-state index contributed by atoms with van der Waals surface area (Å²) < 4.78 is 10.7. The summed E-state index contributed by atoms with van der Waals surface area (Å²) in [5, 5.41) is 28.5. The number of carbonyl (C=O) groups excluding carboxylic acids is 2. The van der Waals surface area contributed by atoms with E-state index in [0.717, 1.165) is 16.9 Å². The number of hydrogen-bond acceptors (Lipinski definition) is 6. The lowest BCUT2D eigenvalue weighted by atomic mass is 10.1. The van der Waals surface area contributed by atoms with Crippen LogP contribution in [0.25, 0.3) is 0 Å². The van der Waals surface area contributed by atoms with Crippen LogP contribution in [-0.4, -0.2) is 60.2 Å². The molecule has 0 spiro atoms. The van der Waals surface area contributed by atoms with Gasteiger partial charge in [0.1, 0.15) is 24.1 Å². The van der Waals surface area contributed by atoms with Crippen LogP contribution < -0.4 is 20.7 Å². The number of aliphatic hydroxyl groups excluding tert-OH is 2. The summed E-state index contributed by atoms with van der Waals surface area (Å²) in [6.07, 6.45) is -4.25. The quantitative estimate of drug-likeness (QED) is 0.419. The van der Waals surface area contributed by atoms with Gasteiger partial charge in [-0.25, -0.2) is 4.79 Å². The predicted molar refractivity (Wildman–Crippen MR) is 118 cm³/mol. The molecule has 2 aromatic rings. The molecule has 0 aromatic heterocycles. The van der Waals surface area contributed by atoms with E-state index in [4.69, 9.17) is 9.47 Å². The lowest BCUT2D eigenvalue weighted by Gasteiger charge is -2.16. The average Bonchev–Trinajstić information content (AvgIpc) is 3.06. The van der Waals surface area contributed by atoms with E-state index in [1.54, 1.807) is 31.4 Å². The first-order valence-corrected chi connectivity index (χ1v) is 10.4. The van der Waals surface area contributed by atoms with Gasteiger partial charge in [0.25, 0.3) is 0 Å². The number of hydrogen-bond donors (Lipinski definition) is 5. The Labute approximate surface area is 186 Å². The molecule has 2 aromatic carbocycles. The SMILES string of the molecule is COc1ccc(CNC(=O)C[C@@H]2O[C@@H](CNC(=O)Nc3ccc(C)cc3)[C@@H](O)[C@H]2O)cc1. The number of ether oxygens (including phenoxy) is 2. The molecule has 4 atom stereocenters. The maximum atomic E-state index is 12.3. The van der Waals surface area contributed by atoms with E-state index in [0.29, 0.717) is 12.2 Å². The zero-order valence-corrected chi connectivity index (χ0v) is 18.1. The summed E-state index contributed by atoms with van der Waals surface area (Å²) in [5.41, 5.74) is 2.60. The lowest BCUT2D eigenvalue weighted by molar-refractivity contribution is -0.125. The topological polar surface area (TPSA) is 129 Å². The minimum Gasteiger partial charge on any atom is -0.497 e. The lowest BCUT2D eigenvalue weighted by Crippen LogP contribution is -2.41. The third-order valence-corrected chi connectivity index (χ3v) is 5.27. The number of anilines is 1. The molecule has 9 nitrogen and oxygen atoms in total. The number of aryl methyl sites for hydroxylation is 1. The molecule has 0 radical (unpaired) electrons. The van der Waals surface area contributed by atoms with Crippen LogP contribution in [0.1, 0.15) is 17.5 Å². The van der Waals surface area contributed by atoms with Gasteiger partial charge in [0.05, 0.1) is 19.6 Å². The van der Waals surface area contributed by atoms with E-state index in [1.807, 2.05) is 31.2 Å². The molecule has 32 heavy (non-hydrogen) atoms. The third-order valence-electron chi connectivity index (χ3n) is 5.27. The molecule has 1 aliphatic rings. The summed E-state index contributed by atoms with van der Waals surface area (Å²) in [7, 11) is 1.58. The van der Waals surface area contributed by atoms with Gasteiger partial charge in [-0.3, -0.25) is 4.79 Å². The van der Waals surface area contributed by atoms with Crippen LogP contribution in [0.5, 0.6) is 5.75 Å². The van der Waals surface area contributed by atoms with E-state index >= 15 is 0 Å². The molecule has 3 rings (SSSR count). The zero-order valence-electron chi connectivity index (χ0n) is 18.1. The normalized spacial score (nSPS) is 22.2. The first kappa shape index (κ1) is 23.5. The van der Waals surface area contributed by atoms with Crippen LogP contribution in [0, 0.1) is 6.92 Å². The van der Waals surface area contributed by atoms with Crippen molar-refractivity contribution in [2.45, 2.75) is 44.3 Å². The predicted octanol–water partition coefficient (Wildman–Crippen LogP) is 1.32. The summed E-state index contributed by atoms with van der Waals surface area (Å²) in [6.45, 7) is 2.25. The minimum absolute atomic E-state index is 0.0140. The van der Waals surface area contributed by atoms with Crippen LogP contribution in [0.4, 0.5) is 10.5 Å². The van der Waals surface area contributed by atoms with E-state index in [2.05, 4.69) is 16.0 Å². The highest BCUT2D eigenvalue weighted by Crippen LogP contribution is 2.23. The van der Waals surface area contributed by atoms with Crippen molar-refractivity contribution in [3.05, 3.63) is 59.7 Å². The van der Waals surface area contributed by atoms with Crippen molar-refractivity contribution in [3.63, 3.8) is 0 Å². The summed E-state index contributed by atoms with van der Waals surface area (Å²) in [6, 6.07) is 14.1. The standard InChI is InChI=1S/C23H29N3O6/c1-14-3-7-16(8-4-14)26-23(30)25-13-19-22(29)21(28)18(32-19)11-20(27)24-12-15-5-9-17(31-2)10-6-15/h3-10,18-19,21-22,28-29H,11-13H2,1-2H3,(H,24,27)(H2,25,26,30)/t18-,19-,21-,22+/m0/s1. The van der Waals surface area contributed by atoms with Gasteiger partial charge < -0.3 is 35.6 Å². The second-order valence-corrected chi connectivity index (χ2v) is 7.72. The van der Waals surface area contributed by atoms with Crippen LogP contribution in [0.3, 0.4) is 0 Å². The third kappa shape index (κ3) is 6.43. The van der Waals surface area contributed by atoms with E-state index in [-0.39, 0.29) is 18.9 Å². The fourth-order valence-electron chi connectivity index (χ4n) is 3.37. The zero-order chi connectivity index (χ0) is 23.1. The second-order valence-electron chi connectivity index (χ2n) is 7.72. The maximum absolute atomic E-state index is 12.3. The van der Waals surface area contributed by atoms with E-state index in [1.165, 1.54) is 0 Å². The van der Waals surface area contributed by atoms with Crippen LogP contribution in [0.15, 0.2) is 48.5 Å². The fraction of sp³-hybridized carbons (Fsp3) is 0.391. The van der Waals surface area contributed by atoms with Crippen molar-refractivity contribution >= 4 is 17.6 Å². The molecule has 9 heteroatoms. The number of nitrogens with one attached hydrogen (secondary N) is 3. The monoisotopic (exact) mass is 443 g/mol. The summed E-state index contributed by atoms with van der Waals surface area (Å²) in [4.78, 5) is 24.3. The van der Waals surface area contributed by atoms with E-state index < -0.39 is 30.4 Å². The number of carbonyl (C=O) groups is 2. The van der Waals surface area contributed by atoms with Gasteiger partial charge in [0.2, 0.25) is 5.91 Å². The Morgan fingerprint density at radius 3 is 2.28 bits per heavy atom. The Hall–Kier alpha value is -3.14. The Morgan fingerprint density at radius 1 is 0.969 bits per heavy atom. The summed E-state index contributed by atoms with van der Waals surface area (Å²) in [5.74, 6) is 0.409. The molecule has 0 bridgehead atoms. The minimum atomic E-state index is -1.23. The van der Waals surface area contributed by atoms with Crippen molar-refractivity contribution < 1.29 is 29.3 Å². The second kappa shape index (κ2) is 10.9. The van der Waals surface area contributed by atoms with Crippen molar-refractivity contribution in [2.75, 3.05) is 19.0 Å². The van der Waals surface area contributed by atoms with Crippen LogP contribution >= 0.6 is 0 Å². The van der Waals surface area contributed by atoms with Crippen molar-refractivity contribution in [2.24, 2.45) is 0 Å². The molecule has 1 fully saturated rings. The number of urea groups is 1. The molecule has 0 unspecified atom stereocenters. The molecular weight excluding hydrogens is 414 g/mol. The van der Waals surface area contributed by atoms with Gasteiger partial charge in [-0.1, -0.05) is 29.8 Å². The van der Waals surface area contributed by atoms with Gasteiger partial charge in [0.15, 0.2) is 0 Å². The highest BCUT2D eigenvalue weighted by molar-refractivity contribution is 5.89. The van der Waals surface area contributed by atoms with Crippen molar-refractivity contribution in [1.82, 2.24) is 10.6 Å². The Morgan fingerprint density at radius 2 is 1.62 bits per heavy atom. The number of benzene rings is 2. The molecule has 1 saturated heterocycles. The molecule has 1 heterocycles. The van der Waals surface area contributed by atoms with Crippen LogP contribution in [-0.2, 0) is 16.1 Å². The Balaban J connectivity index is 1.42. The van der Waals surface area contributed by atoms with Crippen LogP contribution in [0.2, 0.25) is 0 Å². The van der Waals surface area contributed by atoms with Crippen molar-refractivity contribution in [3.8, 4) is 5.75 Å². The van der Waals surface area contributed by atoms with Gasteiger partial charge in [0, 0.05) is 18.8 Å². The number of amides is 3. The van der Waals surface area contributed by atoms with Crippen molar-refractivity contribution in [1.29, 1.82) is 0 Å². The summed E-state index contributed by atoms with van der Waals surface area (Å²) >= 11 is 0. The first-order chi connectivity index (χ1) is 15.4. The highest BCUT2D eigenvalue weighted by atomic mass is 16.5. The number of rotatable bonds is 8. The van der Waals surface area contributed by atoms with E-state index in [9.17, 15) is 19.8 Å². The average molecular weight is 444 g/mol. The first-order valence-electron chi connectivity index (χ1n) is 10.4. The fourth-order valence-corrected chi connectivity index (χ4v) is 3.37. The number of methoxy groups -OCH3 is 1. The Bertz CT molecular complexity index is 903. The maximum Gasteiger partial charge on any atom is 0.319 e. The Kier molecular flexibility index (Phi) is 8.04. The smallest absolute Gasteiger partial charge is 0.319 e. The molecule has 172 valence electrons. The molecule has 0 saturated carbocycles. The van der Waals surface area contributed by atoms with Gasteiger partial charge in [-0.2, -0.15) is 0 Å². The molecule has 5 N–H and O–H groups in total. The molecule has 0 aliphatic carbocycles. The molecular formula is C23H29N3O6.